The average molecular weight is 289 g/mol. The number of carbonyl (C=O) groups excluding carboxylic acids is 1. The van der Waals surface area contributed by atoms with Crippen LogP contribution in [0, 0.1) is 5.92 Å². The predicted molar refractivity (Wildman–Crippen MR) is 65.1 cm³/mol. The summed E-state index contributed by atoms with van der Waals surface area (Å²) >= 11 is 4.87. The molecule has 0 radical (unpaired) electrons. The van der Waals surface area contributed by atoms with Gasteiger partial charge in [0.1, 0.15) is 4.88 Å². The van der Waals surface area contributed by atoms with E-state index in [1.807, 2.05) is 16.3 Å². The number of amides is 1. The normalized spacial score (nSPS) is 20.9. The van der Waals surface area contributed by atoms with Gasteiger partial charge < -0.3 is 10.6 Å². The largest absolute Gasteiger partial charge is 0.338 e. The first-order valence-electron chi connectivity index (χ1n) is 4.94. The first-order valence-corrected chi connectivity index (χ1v) is 6.62. The van der Waals surface area contributed by atoms with E-state index in [9.17, 15) is 4.79 Å². The molecule has 1 amide bonds. The van der Waals surface area contributed by atoms with Gasteiger partial charge in [-0.05, 0) is 46.3 Å². The number of nitrogens with zero attached hydrogens (tertiary/aromatic N) is 1. The van der Waals surface area contributed by atoms with Gasteiger partial charge in [-0.25, -0.2) is 0 Å². The minimum atomic E-state index is 0.132. The van der Waals surface area contributed by atoms with E-state index in [-0.39, 0.29) is 5.91 Å². The maximum absolute atomic E-state index is 12.1. The minimum absolute atomic E-state index is 0.132. The molecule has 1 aliphatic rings. The van der Waals surface area contributed by atoms with Gasteiger partial charge in [0, 0.05) is 17.6 Å². The molecule has 1 aliphatic heterocycles. The van der Waals surface area contributed by atoms with E-state index in [1.54, 1.807) is 0 Å². The molecule has 0 bridgehead atoms. The van der Waals surface area contributed by atoms with Gasteiger partial charge in [0.25, 0.3) is 5.91 Å². The average Bonchev–Trinajstić information content (AvgIpc) is 2.84. The molecule has 82 valence electrons. The molecular formula is C10H13BrN2OS. The van der Waals surface area contributed by atoms with E-state index >= 15 is 0 Å². The fourth-order valence-corrected chi connectivity index (χ4v) is 3.31. The molecule has 1 fully saturated rings. The van der Waals surface area contributed by atoms with E-state index in [0.717, 1.165) is 28.9 Å². The maximum atomic E-state index is 12.1. The number of hydrogen-bond donors (Lipinski definition) is 1. The van der Waals surface area contributed by atoms with Crippen molar-refractivity contribution in [2.24, 2.45) is 11.7 Å². The first kappa shape index (κ1) is 11.1. The lowest BCUT2D eigenvalue weighted by Gasteiger charge is -2.15. The molecule has 2 N–H and O–H groups in total. The zero-order valence-corrected chi connectivity index (χ0v) is 10.7. The Morgan fingerprint density at radius 2 is 2.53 bits per heavy atom. The van der Waals surface area contributed by atoms with Crippen molar-refractivity contribution in [1.29, 1.82) is 0 Å². The summed E-state index contributed by atoms with van der Waals surface area (Å²) in [5.74, 6) is 0.612. The predicted octanol–water partition coefficient (Wildman–Crippen LogP) is 1.93. The number of thiophene rings is 1. The Bertz CT molecular complexity index is 366. The maximum Gasteiger partial charge on any atom is 0.265 e. The monoisotopic (exact) mass is 288 g/mol. The fraction of sp³-hybridized carbons (Fsp3) is 0.500. The number of likely N-dealkylation sites (tertiary alicyclic amines) is 1. The van der Waals surface area contributed by atoms with E-state index in [2.05, 4.69) is 15.9 Å². The fourth-order valence-electron chi connectivity index (χ4n) is 1.80. The van der Waals surface area contributed by atoms with Crippen molar-refractivity contribution in [2.45, 2.75) is 6.42 Å². The Morgan fingerprint density at radius 3 is 3.07 bits per heavy atom. The van der Waals surface area contributed by atoms with Crippen LogP contribution in [0.1, 0.15) is 16.1 Å². The molecule has 5 heteroatoms. The Balaban J connectivity index is 2.07. The Hall–Kier alpha value is -0.390. The van der Waals surface area contributed by atoms with Crippen molar-refractivity contribution in [2.75, 3.05) is 19.6 Å². The molecule has 1 saturated heterocycles. The SMILES string of the molecule is NCC1CCN(C(=O)c2sccc2Br)C1. The molecule has 0 saturated carbocycles. The second-order valence-electron chi connectivity index (χ2n) is 3.74. The van der Waals surface area contributed by atoms with E-state index in [4.69, 9.17) is 5.73 Å². The molecule has 3 nitrogen and oxygen atoms in total. The van der Waals surface area contributed by atoms with Crippen LogP contribution in [-0.2, 0) is 0 Å². The van der Waals surface area contributed by atoms with Crippen LogP contribution in [0.2, 0.25) is 0 Å². The number of nitrogens with two attached hydrogens (primary N) is 1. The van der Waals surface area contributed by atoms with Gasteiger partial charge in [-0.3, -0.25) is 4.79 Å². The number of hydrogen-bond acceptors (Lipinski definition) is 3. The van der Waals surface area contributed by atoms with Crippen LogP contribution >= 0.6 is 27.3 Å². The lowest BCUT2D eigenvalue weighted by molar-refractivity contribution is 0.0791. The summed E-state index contributed by atoms with van der Waals surface area (Å²) in [6, 6.07) is 1.91. The van der Waals surface area contributed by atoms with Gasteiger partial charge in [0.05, 0.1) is 0 Å². The number of rotatable bonds is 2. The topological polar surface area (TPSA) is 46.3 Å². The van der Waals surface area contributed by atoms with Crippen molar-refractivity contribution in [3.8, 4) is 0 Å². The minimum Gasteiger partial charge on any atom is -0.338 e. The summed E-state index contributed by atoms with van der Waals surface area (Å²) in [4.78, 5) is 14.8. The van der Waals surface area contributed by atoms with E-state index < -0.39 is 0 Å². The van der Waals surface area contributed by atoms with Crippen molar-refractivity contribution >= 4 is 33.2 Å². The second kappa shape index (κ2) is 4.63. The lowest BCUT2D eigenvalue weighted by Crippen LogP contribution is -2.29. The molecule has 2 heterocycles. The molecule has 1 unspecified atom stereocenters. The lowest BCUT2D eigenvalue weighted by atomic mass is 10.1. The van der Waals surface area contributed by atoms with Crippen LogP contribution in [0.5, 0.6) is 0 Å². The highest BCUT2D eigenvalue weighted by atomic mass is 79.9. The zero-order valence-electron chi connectivity index (χ0n) is 8.28. The van der Waals surface area contributed by atoms with Crippen LogP contribution in [0.3, 0.4) is 0 Å². The Morgan fingerprint density at radius 1 is 1.73 bits per heavy atom. The standard InChI is InChI=1S/C10H13BrN2OS/c11-8-2-4-15-9(8)10(14)13-3-1-7(5-12)6-13/h2,4,7H,1,3,5-6,12H2. The highest BCUT2D eigenvalue weighted by Gasteiger charge is 2.27. The molecule has 0 spiro atoms. The number of carbonyl (C=O) groups is 1. The van der Waals surface area contributed by atoms with Crippen LogP contribution < -0.4 is 5.73 Å². The highest BCUT2D eigenvalue weighted by molar-refractivity contribution is 9.10. The Kier molecular flexibility index (Phi) is 3.43. The molecule has 1 atom stereocenters. The second-order valence-corrected chi connectivity index (χ2v) is 5.51. The third-order valence-electron chi connectivity index (χ3n) is 2.72. The number of halogens is 1. The summed E-state index contributed by atoms with van der Waals surface area (Å²) in [6.45, 7) is 2.32. The van der Waals surface area contributed by atoms with Crippen molar-refractivity contribution in [1.82, 2.24) is 4.90 Å². The zero-order chi connectivity index (χ0) is 10.8. The molecule has 0 aromatic carbocycles. The molecule has 2 rings (SSSR count). The highest BCUT2D eigenvalue weighted by Crippen LogP contribution is 2.26. The first-order chi connectivity index (χ1) is 7.22. The quantitative estimate of drug-likeness (QED) is 0.904. The van der Waals surface area contributed by atoms with Gasteiger partial charge in [-0.2, -0.15) is 0 Å². The smallest absolute Gasteiger partial charge is 0.265 e. The summed E-state index contributed by atoms with van der Waals surface area (Å²) in [6.07, 6.45) is 1.03. The van der Waals surface area contributed by atoms with Crippen LogP contribution in [0.4, 0.5) is 0 Å². The van der Waals surface area contributed by atoms with E-state index in [1.165, 1.54) is 11.3 Å². The molecule has 1 aromatic rings. The van der Waals surface area contributed by atoms with Crippen LogP contribution in [0.15, 0.2) is 15.9 Å². The van der Waals surface area contributed by atoms with Gasteiger partial charge in [-0.1, -0.05) is 0 Å². The summed E-state index contributed by atoms with van der Waals surface area (Å²) in [5.41, 5.74) is 5.60. The molecular weight excluding hydrogens is 276 g/mol. The van der Waals surface area contributed by atoms with Gasteiger partial charge >= 0.3 is 0 Å². The van der Waals surface area contributed by atoms with Gasteiger partial charge in [-0.15, -0.1) is 11.3 Å². The summed E-state index contributed by atoms with van der Waals surface area (Å²) in [7, 11) is 0. The van der Waals surface area contributed by atoms with Crippen molar-refractivity contribution in [3.63, 3.8) is 0 Å². The summed E-state index contributed by atoms with van der Waals surface area (Å²) < 4.78 is 0.897. The van der Waals surface area contributed by atoms with Crippen molar-refractivity contribution < 1.29 is 4.79 Å². The van der Waals surface area contributed by atoms with Gasteiger partial charge in [0.15, 0.2) is 0 Å². The Labute approximate surface area is 101 Å². The van der Waals surface area contributed by atoms with Crippen LogP contribution in [-0.4, -0.2) is 30.4 Å². The van der Waals surface area contributed by atoms with Crippen LogP contribution in [0.25, 0.3) is 0 Å². The third-order valence-corrected chi connectivity index (χ3v) is 4.54. The molecule has 0 aliphatic carbocycles. The summed E-state index contributed by atoms with van der Waals surface area (Å²) in [5, 5.41) is 1.92. The van der Waals surface area contributed by atoms with Gasteiger partial charge in [0.2, 0.25) is 0 Å². The van der Waals surface area contributed by atoms with E-state index in [0.29, 0.717) is 12.5 Å². The third kappa shape index (κ3) is 2.24. The molecule has 1 aromatic heterocycles. The van der Waals surface area contributed by atoms with Crippen molar-refractivity contribution in [3.05, 3.63) is 20.8 Å². The molecule has 15 heavy (non-hydrogen) atoms.